The summed E-state index contributed by atoms with van der Waals surface area (Å²) in [5.41, 5.74) is 11.4. The molecule has 0 heterocycles. The third-order valence-corrected chi connectivity index (χ3v) is 7.18. The topological polar surface area (TPSA) is 72.5 Å². The molecule has 1 aliphatic rings. The van der Waals surface area contributed by atoms with Crippen LogP contribution < -0.4 is 10.5 Å². The second-order valence-electron chi connectivity index (χ2n) is 10.1. The molecule has 3 rings (SSSR count). The SMILES string of the molecule is CCCCCCCCCCOc1ccc(C2C(C(=O)O)=C2c2ccc(N)cc2CC(C)CC)cc1. The number of allylic oxidation sites excluding steroid dienone is 1. The van der Waals surface area contributed by atoms with Crippen LogP contribution in [0, 0.1) is 5.92 Å². The fourth-order valence-electron chi connectivity index (χ4n) is 4.84. The minimum Gasteiger partial charge on any atom is -0.494 e. The largest absolute Gasteiger partial charge is 0.494 e. The van der Waals surface area contributed by atoms with Crippen LogP contribution in [-0.2, 0) is 11.2 Å². The van der Waals surface area contributed by atoms with Gasteiger partial charge in [0.25, 0.3) is 0 Å². The Morgan fingerprint density at radius 1 is 0.971 bits per heavy atom. The number of carboxylic acid groups (broad SMARTS) is 1. The number of hydrogen-bond donors (Lipinski definition) is 2. The third kappa shape index (κ3) is 7.62. The Kier molecular flexibility index (Phi) is 10.3. The van der Waals surface area contributed by atoms with Gasteiger partial charge in [-0.15, -0.1) is 0 Å². The molecule has 0 bridgehead atoms. The zero-order chi connectivity index (χ0) is 25.2. The number of nitrogens with two attached hydrogens (primary N) is 1. The van der Waals surface area contributed by atoms with Gasteiger partial charge >= 0.3 is 5.97 Å². The highest BCUT2D eigenvalue weighted by Crippen LogP contribution is 2.55. The van der Waals surface area contributed by atoms with E-state index in [0.717, 1.165) is 59.6 Å². The molecule has 2 aromatic carbocycles. The molecule has 2 unspecified atom stereocenters. The average Bonchev–Trinajstić information content (AvgIpc) is 3.59. The zero-order valence-electron chi connectivity index (χ0n) is 21.8. The van der Waals surface area contributed by atoms with E-state index < -0.39 is 5.97 Å². The van der Waals surface area contributed by atoms with E-state index in [-0.39, 0.29) is 5.92 Å². The molecule has 4 heteroatoms. The van der Waals surface area contributed by atoms with Gasteiger partial charge in [-0.3, -0.25) is 0 Å². The molecule has 0 radical (unpaired) electrons. The van der Waals surface area contributed by atoms with Gasteiger partial charge < -0.3 is 15.6 Å². The molecule has 4 nitrogen and oxygen atoms in total. The second-order valence-corrected chi connectivity index (χ2v) is 10.1. The standard InChI is InChI=1S/C31H43NO3/c1-4-6-7-8-9-10-11-12-19-35-26-16-13-23(14-17-26)28-29(30(28)31(33)34)27-18-15-25(32)21-24(27)20-22(3)5-2/h13-18,21-22,28H,4-12,19-20,32H2,1-3H3,(H,33,34). The number of hydrogen-bond acceptors (Lipinski definition) is 3. The summed E-state index contributed by atoms with van der Waals surface area (Å²) in [4.78, 5) is 12.0. The summed E-state index contributed by atoms with van der Waals surface area (Å²) in [6.07, 6.45) is 12.2. The van der Waals surface area contributed by atoms with Crippen LogP contribution in [0.15, 0.2) is 48.0 Å². The van der Waals surface area contributed by atoms with Crippen LogP contribution in [-0.4, -0.2) is 17.7 Å². The van der Waals surface area contributed by atoms with Crippen molar-refractivity contribution in [2.75, 3.05) is 12.3 Å². The number of anilines is 1. The number of carboxylic acids is 1. The van der Waals surface area contributed by atoms with E-state index in [9.17, 15) is 9.90 Å². The molecule has 0 aliphatic heterocycles. The Bertz CT molecular complexity index is 993. The van der Waals surface area contributed by atoms with Crippen LogP contribution in [0.25, 0.3) is 5.57 Å². The molecule has 35 heavy (non-hydrogen) atoms. The second kappa shape index (κ2) is 13.4. The molecule has 2 aromatic rings. The van der Waals surface area contributed by atoms with Crippen molar-refractivity contribution >= 4 is 17.2 Å². The van der Waals surface area contributed by atoms with Crippen molar-refractivity contribution in [2.45, 2.75) is 90.9 Å². The minimum absolute atomic E-state index is 0.173. The van der Waals surface area contributed by atoms with E-state index in [4.69, 9.17) is 10.5 Å². The molecule has 190 valence electrons. The van der Waals surface area contributed by atoms with E-state index in [0.29, 0.717) is 11.5 Å². The van der Waals surface area contributed by atoms with Crippen LogP contribution in [0.1, 0.15) is 101 Å². The van der Waals surface area contributed by atoms with Crippen molar-refractivity contribution in [2.24, 2.45) is 5.92 Å². The molecule has 0 aromatic heterocycles. The first kappa shape index (κ1) is 26.8. The van der Waals surface area contributed by atoms with Gasteiger partial charge in [-0.1, -0.05) is 90.3 Å². The Labute approximate surface area is 211 Å². The first-order valence-corrected chi connectivity index (χ1v) is 13.5. The molecule has 3 N–H and O–H groups in total. The number of rotatable bonds is 16. The smallest absolute Gasteiger partial charge is 0.332 e. The summed E-state index contributed by atoms with van der Waals surface area (Å²) >= 11 is 0. The minimum atomic E-state index is -0.841. The molecule has 1 aliphatic carbocycles. The van der Waals surface area contributed by atoms with Crippen molar-refractivity contribution in [3.8, 4) is 5.75 Å². The van der Waals surface area contributed by atoms with Crippen LogP contribution in [0.4, 0.5) is 5.69 Å². The highest BCUT2D eigenvalue weighted by molar-refractivity contribution is 6.12. The van der Waals surface area contributed by atoms with E-state index in [2.05, 4.69) is 20.8 Å². The Morgan fingerprint density at radius 2 is 1.63 bits per heavy atom. The number of aliphatic carboxylic acids is 1. The van der Waals surface area contributed by atoms with Gasteiger partial charge in [0.05, 0.1) is 12.2 Å². The third-order valence-electron chi connectivity index (χ3n) is 7.18. The molecule has 0 saturated heterocycles. The van der Waals surface area contributed by atoms with Gasteiger partial charge in [-0.25, -0.2) is 4.79 Å². The van der Waals surface area contributed by atoms with Crippen molar-refractivity contribution in [3.05, 3.63) is 64.7 Å². The number of benzene rings is 2. The molecule has 0 saturated carbocycles. The normalized spacial score (nSPS) is 15.8. The molecule has 0 spiro atoms. The Balaban J connectivity index is 1.58. The van der Waals surface area contributed by atoms with Crippen LogP contribution in [0.2, 0.25) is 0 Å². The summed E-state index contributed by atoms with van der Waals surface area (Å²) in [6, 6.07) is 13.8. The highest BCUT2D eigenvalue weighted by Gasteiger charge is 2.44. The van der Waals surface area contributed by atoms with Gasteiger partial charge in [0.1, 0.15) is 5.75 Å². The Morgan fingerprint density at radius 3 is 2.26 bits per heavy atom. The van der Waals surface area contributed by atoms with Crippen molar-refractivity contribution < 1.29 is 14.6 Å². The maximum Gasteiger partial charge on any atom is 0.332 e. The predicted molar refractivity (Wildman–Crippen MR) is 146 cm³/mol. The lowest BCUT2D eigenvalue weighted by Gasteiger charge is -2.14. The summed E-state index contributed by atoms with van der Waals surface area (Å²) in [5, 5.41) is 9.88. The quantitative estimate of drug-likeness (QED) is 0.190. The van der Waals surface area contributed by atoms with Crippen molar-refractivity contribution in [1.82, 2.24) is 0 Å². The van der Waals surface area contributed by atoms with Gasteiger partial charge in [-0.05, 0) is 65.3 Å². The zero-order valence-corrected chi connectivity index (χ0v) is 21.8. The van der Waals surface area contributed by atoms with E-state index in [1.54, 1.807) is 0 Å². The van der Waals surface area contributed by atoms with Crippen LogP contribution >= 0.6 is 0 Å². The van der Waals surface area contributed by atoms with E-state index in [1.807, 2.05) is 42.5 Å². The maximum atomic E-state index is 12.0. The lowest BCUT2D eigenvalue weighted by molar-refractivity contribution is -0.132. The molecule has 0 amide bonds. The average molecular weight is 478 g/mol. The summed E-state index contributed by atoms with van der Waals surface area (Å²) in [6.45, 7) is 7.37. The maximum absolute atomic E-state index is 12.0. The molecular formula is C31H43NO3. The van der Waals surface area contributed by atoms with Gasteiger partial charge in [-0.2, -0.15) is 0 Å². The fourth-order valence-corrected chi connectivity index (χ4v) is 4.84. The van der Waals surface area contributed by atoms with Crippen molar-refractivity contribution in [1.29, 1.82) is 0 Å². The van der Waals surface area contributed by atoms with Crippen LogP contribution in [0.3, 0.4) is 0 Å². The molecule has 2 atom stereocenters. The summed E-state index contributed by atoms with van der Waals surface area (Å²) in [5.74, 6) is 0.347. The summed E-state index contributed by atoms with van der Waals surface area (Å²) < 4.78 is 5.94. The lowest BCUT2D eigenvalue weighted by Crippen LogP contribution is -2.02. The number of nitrogen functional groups attached to an aromatic ring is 1. The molecular weight excluding hydrogens is 434 g/mol. The summed E-state index contributed by atoms with van der Waals surface area (Å²) in [7, 11) is 0. The number of carbonyl (C=O) groups is 1. The van der Waals surface area contributed by atoms with Crippen LogP contribution in [0.5, 0.6) is 5.75 Å². The fraction of sp³-hybridized carbons (Fsp3) is 0.516. The first-order chi connectivity index (χ1) is 17.0. The number of ether oxygens (including phenoxy) is 1. The highest BCUT2D eigenvalue weighted by atomic mass is 16.5. The number of unbranched alkanes of at least 4 members (excludes halogenated alkanes) is 7. The van der Waals surface area contributed by atoms with Gasteiger partial charge in [0.2, 0.25) is 0 Å². The monoisotopic (exact) mass is 477 g/mol. The Hall–Kier alpha value is -2.75. The van der Waals surface area contributed by atoms with Gasteiger partial charge in [0, 0.05) is 11.6 Å². The predicted octanol–water partition coefficient (Wildman–Crippen LogP) is 8.01. The van der Waals surface area contributed by atoms with Gasteiger partial charge in [0.15, 0.2) is 0 Å². The van der Waals surface area contributed by atoms with Crippen molar-refractivity contribution in [3.63, 3.8) is 0 Å². The van der Waals surface area contributed by atoms with E-state index >= 15 is 0 Å². The first-order valence-electron chi connectivity index (χ1n) is 13.5. The lowest BCUT2D eigenvalue weighted by atomic mass is 9.92. The molecule has 0 fully saturated rings. The van der Waals surface area contributed by atoms with E-state index in [1.165, 1.54) is 44.9 Å².